The molecule has 1 fully saturated rings. The van der Waals surface area contributed by atoms with Crippen molar-refractivity contribution in [1.29, 1.82) is 0 Å². The molecule has 0 amide bonds. The number of thiazole rings is 1. The third kappa shape index (κ3) is 8.97. The molecule has 1 saturated heterocycles. The summed E-state index contributed by atoms with van der Waals surface area (Å²) < 4.78 is 65.6. The van der Waals surface area contributed by atoms with Gasteiger partial charge in [0.25, 0.3) is 0 Å². The van der Waals surface area contributed by atoms with Crippen molar-refractivity contribution in [2.45, 2.75) is 37.7 Å². The highest BCUT2D eigenvalue weighted by atomic mass is 32.1. The second kappa shape index (κ2) is 13.7. The highest BCUT2D eigenvalue weighted by Crippen LogP contribution is 2.33. The third-order valence-corrected chi connectivity index (χ3v) is 6.88. The van der Waals surface area contributed by atoms with Gasteiger partial charge in [-0.05, 0) is 32.0 Å². The van der Waals surface area contributed by atoms with Crippen molar-refractivity contribution in [3.8, 4) is 11.3 Å². The molecule has 16 heteroatoms. The SMILES string of the molecule is Cn1cnc2c(-c3ccccc3)nc(C3CCN(Cc4nccs4)CC3)cc21.O=C(O)C(F)(F)F.O=C(O)C(F)(F)F. The Morgan fingerprint density at radius 2 is 1.55 bits per heavy atom. The molecule has 42 heavy (non-hydrogen) atoms. The quantitative estimate of drug-likeness (QED) is 0.278. The van der Waals surface area contributed by atoms with E-state index in [9.17, 15) is 26.3 Å². The zero-order valence-corrected chi connectivity index (χ0v) is 22.7. The van der Waals surface area contributed by atoms with Crippen LogP contribution in [0, 0.1) is 0 Å². The molecular formula is C26H25F6N5O4S. The van der Waals surface area contributed by atoms with E-state index in [2.05, 4.69) is 62.2 Å². The van der Waals surface area contributed by atoms with Gasteiger partial charge in [-0.3, -0.25) is 9.88 Å². The van der Waals surface area contributed by atoms with E-state index in [1.165, 1.54) is 10.7 Å². The van der Waals surface area contributed by atoms with Crippen LogP contribution in [-0.4, -0.2) is 72.0 Å². The molecule has 1 aliphatic rings. The molecule has 0 bridgehead atoms. The minimum atomic E-state index is -5.08. The van der Waals surface area contributed by atoms with Gasteiger partial charge in [-0.25, -0.2) is 19.6 Å². The number of imidazole rings is 1. The Bertz CT molecular complexity index is 1440. The molecule has 0 spiro atoms. The fourth-order valence-corrected chi connectivity index (χ4v) is 4.72. The van der Waals surface area contributed by atoms with Crippen LogP contribution in [0.3, 0.4) is 0 Å². The van der Waals surface area contributed by atoms with Gasteiger partial charge in [0.05, 0.1) is 24.1 Å². The summed E-state index contributed by atoms with van der Waals surface area (Å²) in [6.45, 7) is 3.15. The molecule has 9 nitrogen and oxygen atoms in total. The Kier molecular flexibility index (Phi) is 10.6. The number of fused-ring (bicyclic) bond motifs is 1. The number of benzene rings is 1. The van der Waals surface area contributed by atoms with Gasteiger partial charge in [-0.2, -0.15) is 26.3 Å². The minimum absolute atomic E-state index is 0.495. The number of carboxylic acid groups (broad SMARTS) is 2. The summed E-state index contributed by atoms with van der Waals surface area (Å²) in [6, 6.07) is 12.7. The average molecular weight is 618 g/mol. The molecule has 0 unspecified atom stereocenters. The fourth-order valence-electron chi connectivity index (χ4n) is 4.06. The number of hydrogen-bond donors (Lipinski definition) is 2. The number of aliphatic carboxylic acids is 2. The third-order valence-electron chi connectivity index (χ3n) is 6.11. The van der Waals surface area contributed by atoms with Gasteiger partial charge in [-0.1, -0.05) is 30.3 Å². The maximum atomic E-state index is 10.6. The number of rotatable bonds is 4. The monoisotopic (exact) mass is 617 g/mol. The van der Waals surface area contributed by atoms with E-state index in [4.69, 9.17) is 24.8 Å². The number of pyridine rings is 1. The summed E-state index contributed by atoms with van der Waals surface area (Å²) in [6.07, 6.45) is -4.12. The first-order chi connectivity index (χ1) is 19.7. The number of carboxylic acids is 2. The molecule has 0 saturated carbocycles. The maximum Gasteiger partial charge on any atom is 0.490 e. The molecule has 2 N–H and O–H groups in total. The lowest BCUT2D eigenvalue weighted by molar-refractivity contribution is -0.193. The standard InChI is InChI=1S/C22H23N5S.2C2HF3O2/c1-26-15-24-22-19(26)13-18(25-21(22)17-5-3-2-4-6-17)16-7-10-27(11-8-16)14-20-23-9-12-28-20;2*3-2(4,5)1(6)7/h2-6,9,12-13,15-16H,7-8,10-11,14H2,1H3;2*(H,6,7). The summed E-state index contributed by atoms with van der Waals surface area (Å²) in [5.41, 5.74) is 5.48. The van der Waals surface area contributed by atoms with Crippen LogP contribution in [-0.2, 0) is 23.2 Å². The molecule has 0 aliphatic carbocycles. The van der Waals surface area contributed by atoms with Crippen LogP contribution in [0.2, 0.25) is 0 Å². The molecule has 1 aromatic carbocycles. The number of nitrogens with zero attached hydrogens (tertiary/aromatic N) is 5. The Hall–Kier alpha value is -4.05. The largest absolute Gasteiger partial charge is 0.490 e. The molecule has 5 rings (SSSR count). The highest BCUT2D eigenvalue weighted by molar-refractivity contribution is 7.09. The topological polar surface area (TPSA) is 121 Å². The second-order valence-corrected chi connectivity index (χ2v) is 10.0. The van der Waals surface area contributed by atoms with E-state index in [1.807, 2.05) is 18.6 Å². The molecule has 3 aromatic heterocycles. The first kappa shape index (κ1) is 32.5. The number of halogens is 6. The van der Waals surface area contributed by atoms with E-state index in [0.29, 0.717) is 5.92 Å². The Morgan fingerprint density at radius 1 is 0.976 bits per heavy atom. The number of piperidine rings is 1. The molecule has 1 aliphatic heterocycles. The van der Waals surface area contributed by atoms with Crippen LogP contribution in [0.1, 0.15) is 29.5 Å². The Morgan fingerprint density at radius 3 is 2.05 bits per heavy atom. The van der Waals surface area contributed by atoms with Crippen molar-refractivity contribution in [3.63, 3.8) is 0 Å². The van der Waals surface area contributed by atoms with Gasteiger partial charge in [-0.15, -0.1) is 11.3 Å². The Balaban J connectivity index is 0.000000289. The minimum Gasteiger partial charge on any atom is -0.475 e. The number of carbonyl (C=O) groups is 2. The van der Waals surface area contributed by atoms with Gasteiger partial charge in [0.1, 0.15) is 10.5 Å². The summed E-state index contributed by atoms with van der Waals surface area (Å²) >= 11 is 1.74. The first-order valence-electron chi connectivity index (χ1n) is 12.2. The molecule has 0 atom stereocenters. The lowest BCUT2D eigenvalue weighted by Gasteiger charge is -2.31. The van der Waals surface area contributed by atoms with E-state index in [1.54, 1.807) is 11.3 Å². The Labute approximate surface area is 239 Å². The smallest absolute Gasteiger partial charge is 0.475 e. The summed E-state index contributed by atoms with van der Waals surface area (Å²) in [4.78, 5) is 34.5. The number of aryl methyl sites for hydroxylation is 1. The van der Waals surface area contributed by atoms with Crippen molar-refractivity contribution in [2.75, 3.05) is 13.1 Å². The molecule has 0 radical (unpaired) electrons. The zero-order valence-electron chi connectivity index (χ0n) is 21.9. The van der Waals surface area contributed by atoms with Crippen molar-refractivity contribution in [1.82, 2.24) is 24.4 Å². The van der Waals surface area contributed by atoms with Gasteiger partial charge in [0, 0.05) is 35.8 Å². The number of alkyl halides is 6. The van der Waals surface area contributed by atoms with Gasteiger partial charge < -0.3 is 14.8 Å². The van der Waals surface area contributed by atoms with Crippen LogP contribution in [0.15, 0.2) is 54.3 Å². The lowest BCUT2D eigenvalue weighted by Crippen LogP contribution is -2.32. The lowest BCUT2D eigenvalue weighted by atomic mass is 9.92. The number of aromatic nitrogens is 4. The van der Waals surface area contributed by atoms with Crippen LogP contribution in [0.25, 0.3) is 22.3 Å². The predicted octanol–water partition coefficient (Wildman–Crippen LogP) is 5.74. The van der Waals surface area contributed by atoms with E-state index >= 15 is 0 Å². The van der Waals surface area contributed by atoms with Gasteiger partial charge >= 0.3 is 24.3 Å². The second-order valence-electron chi connectivity index (χ2n) is 9.07. The van der Waals surface area contributed by atoms with Gasteiger partial charge in [0.2, 0.25) is 0 Å². The first-order valence-corrected chi connectivity index (χ1v) is 13.1. The van der Waals surface area contributed by atoms with Gasteiger partial charge in [0.15, 0.2) is 0 Å². The summed E-state index contributed by atoms with van der Waals surface area (Å²) in [7, 11) is 2.06. The van der Waals surface area contributed by atoms with Crippen molar-refractivity contribution < 1.29 is 46.1 Å². The molecule has 226 valence electrons. The van der Waals surface area contributed by atoms with Crippen LogP contribution >= 0.6 is 11.3 Å². The number of likely N-dealkylation sites (tertiary alicyclic amines) is 1. The highest BCUT2D eigenvalue weighted by Gasteiger charge is 2.38. The van der Waals surface area contributed by atoms with Crippen LogP contribution in [0.5, 0.6) is 0 Å². The zero-order chi connectivity index (χ0) is 31.1. The van der Waals surface area contributed by atoms with Crippen molar-refractivity contribution in [3.05, 3.63) is 65.0 Å². The maximum absolute atomic E-state index is 10.6. The summed E-state index contributed by atoms with van der Waals surface area (Å²) in [5.74, 6) is -5.02. The molecular weight excluding hydrogens is 592 g/mol. The van der Waals surface area contributed by atoms with Crippen LogP contribution in [0.4, 0.5) is 26.3 Å². The van der Waals surface area contributed by atoms with Crippen LogP contribution < -0.4 is 0 Å². The molecule has 4 aromatic rings. The van der Waals surface area contributed by atoms with E-state index in [0.717, 1.165) is 54.8 Å². The average Bonchev–Trinajstić information content (AvgIpc) is 3.58. The fraction of sp³-hybridized carbons (Fsp3) is 0.346. The summed E-state index contributed by atoms with van der Waals surface area (Å²) in [5, 5.41) is 17.5. The van der Waals surface area contributed by atoms with E-state index < -0.39 is 24.3 Å². The predicted molar refractivity (Wildman–Crippen MR) is 141 cm³/mol. The normalized spacial score (nSPS) is 14.5. The van der Waals surface area contributed by atoms with E-state index in [-0.39, 0.29) is 0 Å². The number of hydrogen-bond acceptors (Lipinski definition) is 7. The molecule has 4 heterocycles. The van der Waals surface area contributed by atoms with Crippen molar-refractivity contribution >= 4 is 34.3 Å². The van der Waals surface area contributed by atoms with Crippen molar-refractivity contribution in [2.24, 2.45) is 7.05 Å².